The standard InChI is InChI=1S/C32H36N6O5S/c1-19-3-4-28(20(2)13-19)43-18-23(39)16-34-25-5-8-33-31(40)29(25)30-35-26-14-21-17-38(32(41)24(21)15-27(26)36-30)22-6-9-37(10-7-22)11-12-44-42/h3-5,8,13-15,22-23,39H,6-7,9-12,16-18H2,1-2H3,(H2-,33,34,35,36,40,41)/p+1/t23-/m1/s1. The molecule has 11 nitrogen and oxygen atoms in total. The van der Waals surface area contributed by atoms with Gasteiger partial charge in [-0.3, -0.25) is 14.5 Å². The molecule has 2 aliphatic heterocycles. The number of rotatable bonds is 11. The van der Waals surface area contributed by atoms with Crippen LogP contribution in [0.3, 0.4) is 0 Å². The third-order valence-electron chi connectivity index (χ3n) is 8.51. The molecule has 0 aliphatic carbocycles. The van der Waals surface area contributed by atoms with Gasteiger partial charge in [-0.2, -0.15) is 0 Å². The molecule has 2 aromatic heterocycles. The Morgan fingerprint density at radius 1 is 1.16 bits per heavy atom. The highest BCUT2D eigenvalue weighted by Gasteiger charge is 2.35. The van der Waals surface area contributed by atoms with Gasteiger partial charge in [-0.15, -0.1) is 0 Å². The summed E-state index contributed by atoms with van der Waals surface area (Å²) < 4.78 is 16.6. The summed E-state index contributed by atoms with van der Waals surface area (Å²) >= 11 is 0.619. The van der Waals surface area contributed by atoms with Gasteiger partial charge < -0.3 is 30.0 Å². The molecule has 4 aromatic rings. The number of hydrogen-bond acceptors (Lipinski definition) is 8. The van der Waals surface area contributed by atoms with Crippen LogP contribution < -0.4 is 15.6 Å². The van der Waals surface area contributed by atoms with Gasteiger partial charge in [0.1, 0.15) is 29.8 Å². The van der Waals surface area contributed by atoms with Gasteiger partial charge in [0.25, 0.3) is 11.5 Å². The number of aromatic amines is 2. The van der Waals surface area contributed by atoms with Gasteiger partial charge >= 0.3 is 11.7 Å². The second kappa shape index (κ2) is 12.8. The number of nitrogens with zero attached hydrogens (tertiary/aromatic N) is 3. The summed E-state index contributed by atoms with van der Waals surface area (Å²) in [5.74, 6) is 1.69. The highest BCUT2D eigenvalue weighted by atomic mass is 32.1. The first-order valence-electron chi connectivity index (χ1n) is 15.0. The minimum atomic E-state index is -0.820. The molecular weight excluding hydrogens is 580 g/mol. The lowest BCUT2D eigenvalue weighted by molar-refractivity contribution is 0.0603. The first-order chi connectivity index (χ1) is 21.3. The number of pyridine rings is 1. The molecule has 230 valence electrons. The number of ether oxygens (including phenoxy) is 1. The number of piperidine rings is 1. The molecule has 0 saturated carbocycles. The number of aliphatic hydroxyl groups excluding tert-OH is 1. The number of aliphatic hydroxyl groups is 1. The largest absolute Gasteiger partial charge is 0.491 e. The smallest absolute Gasteiger partial charge is 0.460 e. The number of benzene rings is 2. The van der Waals surface area contributed by atoms with E-state index in [9.17, 15) is 18.9 Å². The molecule has 1 amide bonds. The van der Waals surface area contributed by atoms with Crippen molar-refractivity contribution < 1.29 is 18.8 Å². The van der Waals surface area contributed by atoms with E-state index in [0.29, 0.717) is 52.1 Å². The van der Waals surface area contributed by atoms with E-state index in [1.54, 1.807) is 12.3 Å². The van der Waals surface area contributed by atoms with Crippen LogP contribution in [-0.2, 0) is 22.4 Å². The van der Waals surface area contributed by atoms with Crippen LogP contribution in [-0.4, -0.2) is 86.5 Å². The lowest BCUT2D eigenvalue weighted by Gasteiger charge is -2.35. The molecule has 0 unspecified atom stereocenters. The predicted octanol–water partition coefficient (Wildman–Crippen LogP) is 3.24. The van der Waals surface area contributed by atoms with Crippen molar-refractivity contribution in [3.8, 4) is 17.1 Å². The van der Waals surface area contributed by atoms with Gasteiger partial charge in [0, 0.05) is 48.2 Å². The number of hydrogen-bond donors (Lipinski definition) is 4. The minimum absolute atomic E-state index is 0.0111. The van der Waals surface area contributed by atoms with Gasteiger partial charge in [0.15, 0.2) is 0 Å². The summed E-state index contributed by atoms with van der Waals surface area (Å²) in [6, 6.07) is 11.6. The van der Waals surface area contributed by atoms with E-state index in [1.165, 1.54) is 0 Å². The average Bonchev–Trinajstić information content (AvgIpc) is 3.57. The van der Waals surface area contributed by atoms with Gasteiger partial charge in [0.2, 0.25) is 5.75 Å². The molecule has 0 bridgehead atoms. The molecule has 4 N–H and O–H groups in total. The number of H-pyrrole nitrogens is 2. The lowest BCUT2D eigenvalue weighted by Crippen LogP contribution is -2.45. The van der Waals surface area contributed by atoms with Gasteiger partial charge in [-0.1, -0.05) is 17.7 Å². The van der Waals surface area contributed by atoms with Gasteiger partial charge in [0.05, 0.1) is 23.3 Å². The van der Waals surface area contributed by atoms with Crippen LogP contribution in [0.4, 0.5) is 5.69 Å². The van der Waals surface area contributed by atoms with Crippen LogP contribution in [0.2, 0.25) is 0 Å². The van der Waals surface area contributed by atoms with Crippen LogP contribution in [0, 0.1) is 13.8 Å². The third kappa shape index (κ3) is 6.23. The minimum Gasteiger partial charge on any atom is -0.491 e. The molecule has 2 aliphatic rings. The number of imidazole rings is 1. The first kappa shape index (κ1) is 29.9. The van der Waals surface area contributed by atoms with Crippen LogP contribution in [0.25, 0.3) is 22.4 Å². The number of amides is 1. The predicted molar refractivity (Wildman–Crippen MR) is 170 cm³/mol. The van der Waals surface area contributed by atoms with E-state index in [4.69, 9.17) is 9.72 Å². The first-order valence-corrected chi connectivity index (χ1v) is 15.9. The molecule has 0 spiro atoms. The SMILES string of the molecule is Cc1ccc(OC[C@H](O)CNc2cc[nH]c(=O)c2-c2nc3cc4c(cc3[nH]2)CN(C2CCN(CC[S+]=O)CC2)C4=O)c(C)c1. The Morgan fingerprint density at radius 3 is 2.75 bits per heavy atom. The van der Waals surface area contributed by atoms with Crippen molar-refractivity contribution in [3.05, 3.63) is 75.2 Å². The molecule has 0 radical (unpaired) electrons. The van der Waals surface area contributed by atoms with Crippen LogP contribution in [0.1, 0.15) is 39.9 Å². The second-order valence-electron chi connectivity index (χ2n) is 11.6. The molecule has 1 atom stereocenters. The molecule has 1 fully saturated rings. The third-order valence-corrected chi connectivity index (χ3v) is 8.86. The number of anilines is 1. The van der Waals surface area contributed by atoms with E-state index < -0.39 is 6.10 Å². The zero-order valence-electron chi connectivity index (χ0n) is 24.9. The Labute approximate surface area is 259 Å². The van der Waals surface area contributed by atoms with E-state index >= 15 is 0 Å². The Hall–Kier alpha value is -4.13. The van der Waals surface area contributed by atoms with Gasteiger partial charge in [-0.25, -0.2) is 4.98 Å². The number of nitrogens with one attached hydrogen (secondary N) is 3. The normalized spacial score (nSPS) is 16.3. The molecule has 44 heavy (non-hydrogen) atoms. The quantitative estimate of drug-likeness (QED) is 0.188. The maximum atomic E-state index is 13.4. The van der Waals surface area contributed by atoms with Crippen molar-refractivity contribution in [2.45, 2.75) is 45.4 Å². The fourth-order valence-electron chi connectivity index (χ4n) is 6.17. The van der Waals surface area contributed by atoms with E-state index in [-0.39, 0.29) is 30.7 Å². The number of aryl methyl sites for hydroxylation is 2. The van der Waals surface area contributed by atoms with E-state index in [0.717, 1.165) is 60.4 Å². The number of likely N-dealkylation sites (tertiary alicyclic amines) is 1. The maximum Gasteiger partial charge on any atom is 0.460 e. The van der Waals surface area contributed by atoms with Crippen LogP contribution in [0.5, 0.6) is 5.75 Å². The summed E-state index contributed by atoms with van der Waals surface area (Å²) in [6.07, 6.45) is 2.51. The highest BCUT2D eigenvalue weighted by Crippen LogP contribution is 2.32. The van der Waals surface area contributed by atoms with Crippen molar-refractivity contribution in [2.24, 2.45) is 0 Å². The van der Waals surface area contributed by atoms with Crippen molar-refractivity contribution in [1.82, 2.24) is 24.8 Å². The molecule has 2 aromatic carbocycles. The van der Waals surface area contributed by atoms with E-state index in [2.05, 4.69) is 20.2 Å². The maximum absolute atomic E-state index is 13.4. The number of carbonyl (C=O) groups excluding carboxylic acids is 1. The fourth-order valence-corrected chi connectivity index (χ4v) is 6.50. The number of aromatic nitrogens is 3. The average molecular weight is 618 g/mol. The lowest BCUT2D eigenvalue weighted by atomic mass is 10.0. The summed E-state index contributed by atoms with van der Waals surface area (Å²) in [7, 11) is 0. The highest BCUT2D eigenvalue weighted by molar-refractivity contribution is 7.65. The zero-order valence-corrected chi connectivity index (χ0v) is 25.7. The second-order valence-corrected chi connectivity index (χ2v) is 12.3. The Kier molecular flexibility index (Phi) is 8.74. The van der Waals surface area contributed by atoms with Crippen molar-refractivity contribution in [2.75, 3.05) is 43.9 Å². The van der Waals surface area contributed by atoms with Crippen molar-refractivity contribution in [3.63, 3.8) is 0 Å². The zero-order chi connectivity index (χ0) is 30.8. The van der Waals surface area contributed by atoms with Gasteiger partial charge in [-0.05, 0) is 62.1 Å². The molecular formula is C32H37N6O5S+. The van der Waals surface area contributed by atoms with E-state index in [1.807, 2.05) is 49.1 Å². The molecule has 12 heteroatoms. The Bertz CT molecular complexity index is 1740. The topological polar surface area (TPSA) is 144 Å². The Balaban J connectivity index is 1.14. The molecule has 1 saturated heterocycles. The summed E-state index contributed by atoms with van der Waals surface area (Å²) in [6.45, 7) is 7.34. The molecule has 4 heterocycles. The molecule has 6 rings (SSSR count). The summed E-state index contributed by atoms with van der Waals surface area (Å²) in [5, 5.41) is 13.8. The monoisotopic (exact) mass is 617 g/mol. The number of fused-ring (bicyclic) bond motifs is 2. The summed E-state index contributed by atoms with van der Waals surface area (Å²) in [5.41, 5.74) is 5.59. The van der Waals surface area contributed by atoms with Crippen molar-refractivity contribution in [1.29, 1.82) is 0 Å². The fraction of sp³-hybridized carbons (Fsp3) is 0.406. The van der Waals surface area contributed by atoms with Crippen LogP contribution >= 0.6 is 0 Å². The Morgan fingerprint density at radius 2 is 1.98 bits per heavy atom. The van der Waals surface area contributed by atoms with Crippen molar-refractivity contribution >= 4 is 34.3 Å². The van der Waals surface area contributed by atoms with Crippen LogP contribution in [0.15, 0.2) is 47.4 Å². The number of carbonyl (C=O) groups is 1. The summed E-state index contributed by atoms with van der Waals surface area (Å²) in [4.78, 5) is 41.4.